The van der Waals surface area contributed by atoms with E-state index in [2.05, 4.69) is 32.9 Å². The lowest BCUT2D eigenvalue weighted by molar-refractivity contribution is 0.139. The molecule has 3 rings (SSSR count). The van der Waals surface area contributed by atoms with E-state index in [1.807, 2.05) is 0 Å². The van der Waals surface area contributed by atoms with Crippen LogP contribution in [0.4, 0.5) is 0 Å². The standard InChI is InChI=1S/C13H14O2/c1-8-7-14-12-10(8)5-4-9-6-13(2,3)15-11(9)12/h4-5,7H,6H2,1-3H3. The molecule has 78 valence electrons. The zero-order valence-electron chi connectivity index (χ0n) is 9.26. The number of aryl methyl sites for hydroxylation is 1. The smallest absolute Gasteiger partial charge is 0.176 e. The van der Waals surface area contributed by atoms with Gasteiger partial charge in [0.15, 0.2) is 11.3 Å². The topological polar surface area (TPSA) is 22.4 Å². The number of fused-ring (bicyclic) bond motifs is 3. The highest BCUT2D eigenvalue weighted by atomic mass is 16.5. The van der Waals surface area contributed by atoms with Crippen LogP contribution in [0.3, 0.4) is 0 Å². The highest BCUT2D eigenvalue weighted by Gasteiger charge is 2.32. The van der Waals surface area contributed by atoms with Crippen molar-refractivity contribution in [1.82, 2.24) is 0 Å². The van der Waals surface area contributed by atoms with Crippen molar-refractivity contribution in [3.05, 3.63) is 29.5 Å². The summed E-state index contributed by atoms with van der Waals surface area (Å²) in [5.41, 5.74) is 3.22. The molecule has 0 radical (unpaired) electrons. The van der Waals surface area contributed by atoms with Crippen molar-refractivity contribution in [1.29, 1.82) is 0 Å². The van der Waals surface area contributed by atoms with Crippen LogP contribution < -0.4 is 4.74 Å². The van der Waals surface area contributed by atoms with Gasteiger partial charge in [0.2, 0.25) is 0 Å². The van der Waals surface area contributed by atoms with Gasteiger partial charge in [-0.1, -0.05) is 12.1 Å². The SMILES string of the molecule is Cc1coc2c3c(ccc12)CC(C)(C)O3. The first-order chi connectivity index (χ1) is 7.07. The van der Waals surface area contributed by atoms with Crippen LogP contribution in [-0.2, 0) is 6.42 Å². The van der Waals surface area contributed by atoms with Crippen molar-refractivity contribution in [2.45, 2.75) is 32.8 Å². The molecule has 2 nitrogen and oxygen atoms in total. The Morgan fingerprint density at radius 3 is 2.87 bits per heavy atom. The van der Waals surface area contributed by atoms with Crippen molar-refractivity contribution in [3.8, 4) is 5.75 Å². The van der Waals surface area contributed by atoms with E-state index in [-0.39, 0.29) is 5.60 Å². The third-order valence-electron chi connectivity index (χ3n) is 2.97. The molecule has 2 heteroatoms. The first kappa shape index (κ1) is 8.84. The van der Waals surface area contributed by atoms with Crippen molar-refractivity contribution >= 4 is 11.0 Å². The molecular weight excluding hydrogens is 188 g/mol. The van der Waals surface area contributed by atoms with Crippen molar-refractivity contribution in [2.24, 2.45) is 0 Å². The molecule has 0 amide bonds. The lowest BCUT2D eigenvalue weighted by Crippen LogP contribution is -2.24. The van der Waals surface area contributed by atoms with E-state index in [1.54, 1.807) is 6.26 Å². The molecule has 15 heavy (non-hydrogen) atoms. The van der Waals surface area contributed by atoms with Crippen LogP contribution in [-0.4, -0.2) is 5.60 Å². The van der Waals surface area contributed by atoms with E-state index in [9.17, 15) is 0 Å². The third-order valence-corrected chi connectivity index (χ3v) is 2.97. The monoisotopic (exact) mass is 202 g/mol. The van der Waals surface area contributed by atoms with Gasteiger partial charge in [0.25, 0.3) is 0 Å². The molecule has 0 bridgehead atoms. The molecule has 0 atom stereocenters. The van der Waals surface area contributed by atoms with E-state index in [0.29, 0.717) is 0 Å². The van der Waals surface area contributed by atoms with Gasteiger partial charge in [-0.3, -0.25) is 0 Å². The molecule has 1 aromatic carbocycles. The molecular formula is C13H14O2. The number of ether oxygens (including phenoxy) is 1. The van der Waals surface area contributed by atoms with Gasteiger partial charge in [-0.25, -0.2) is 0 Å². The molecule has 0 aliphatic carbocycles. The average Bonchev–Trinajstić information content (AvgIpc) is 2.65. The van der Waals surface area contributed by atoms with Gasteiger partial charge in [-0.15, -0.1) is 0 Å². The largest absolute Gasteiger partial charge is 0.483 e. The Balaban J connectivity index is 2.30. The molecule has 0 saturated carbocycles. The van der Waals surface area contributed by atoms with Gasteiger partial charge in [-0.05, 0) is 26.3 Å². The number of hydrogen-bond donors (Lipinski definition) is 0. The number of benzene rings is 1. The first-order valence-corrected chi connectivity index (χ1v) is 5.25. The summed E-state index contributed by atoms with van der Waals surface area (Å²) in [5, 5.41) is 1.16. The van der Waals surface area contributed by atoms with Crippen LogP contribution in [0.25, 0.3) is 11.0 Å². The Kier molecular flexibility index (Phi) is 1.51. The van der Waals surface area contributed by atoms with E-state index < -0.39 is 0 Å². The molecule has 0 N–H and O–H groups in total. The summed E-state index contributed by atoms with van der Waals surface area (Å²) < 4.78 is 11.5. The van der Waals surface area contributed by atoms with Gasteiger partial charge in [0.1, 0.15) is 5.60 Å². The van der Waals surface area contributed by atoms with E-state index in [4.69, 9.17) is 9.15 Å². The van der Waals surface area contributed by atoms with E-state index >= 15 is 0 Å². The maximum absolute atomic E-state index is 5.93. The van der Waals surface area contributed by atoms with Gasteiger partial charge in [0.05, 0.1) is 6.26 Å². The normalized spacial score (nSPS) is 17.8. The third kappa shape index (κ3) is 1.17. The molecule has 0 spiro atoms. The highest BCUT2D eigenvalue weighted by Crippen LogP contribution is 2.41. The maximum Gasteiger partial charge on any atom is 0.176 e. The predicted octanol–water partition coefficient (Wildman–Crippen LogP) is 3.45. The van der Waals surface area contributed by atoms with Crippen LogP contribution >= 0.6 is 0 Å². The van der Waals surface area contributed by atoms with Gasteiger partial charge in [-0.2, -0.15) is 0 Å². The van der Waals surface area contributed by atoms with Gasteiger partial charge < -0.3 is 9.15 Å². The lowest BCUT2D eigenvalue weighted by atomic mass is 10.0. The lowest BCUT2D eigenvalue weighted by Gasteiger charge is -2.16. The van der Waals surface area contributed by atoms with Crippen LogP contribution in [0.5, 0.6) is 5.75 Å². The fraction of sp³-hybridized carbons (Fsp3) is 0.385. The number of furan rings is 1. The van der Waals surface area contributed by atoms with Crippen LogP contribution in [0.2, 0.25) is 0 Å². The van der Waals surface area contributed by atoms with E-state index in [1.165, 1.54) is 11.1 Å². The van der Waals surface area contributed by atoms with Crippen molar-refractivity contribution in [3.63, 3.8) is 0 Å². The summed E-state index contributed by atoms with van der Waals surface area (Å²) in [7, 11) is 0. The molecule has 1 aromatic heterocycles. The van der Waals surface area contributed by atoms with Crippen LogP contribution in [0.1, 0.15) is 25.0 Å². The van der Waals surface area contributed by atoms with E-state index in [0.717, 1.165) is 23.1 Å². The average molecular weight is 202 g/mol. The summed E-state index contributed by atoms with van der Waals surface area (Å²) in [6.45, 7) is 6.27. The second-order valence-electron chi connectivity index (χ2n) is 4.89. The zero-order valence-corrected chi connectivity index (χ0v) is 9.26. The molecule has 0 saturated heterocycles. The predicted molar refractivity (Wildman–Crippen MR) is 59.4 cm³/mol. The Bertz CT molecular complexity index is 535. The summed E-state index contributed by atoms with van der Waals surface area (Å²) >= 11 is 0. The Hall–Kier alpha value is -1.44. The summed E-state index contributed by atoms with van der Waals surface area (Å²) in [6.07, 6.45) is 2.75. The Morgan fingerprint density at radius 2 is 2.07 bits per heavy atom. The van der Waals surface area contributed by atoms with Crippen molar-refractivity contribution < 1.29 is 9.15 Å². The van der Waals surface area contributed by atoms with Gasteiger partial charge >= 0.3 is 0 Å². The molecule has 2 aromatic rings. The second-order valence-corrected chi connectivity index (χ2v) is 4.89. The quantitative estimate of drug-likeness (QED) is 0.652. The molecule has 0 fully saturated rings. The van der Waals surface area contributed by atoms with Crippen LogP contribution in [0, 0.1) is 6.92 Å². The fourth-order valence-corrected chi connectivity index (χ4v) is 2.26. The first-order valence-electron chi connectivity index (χ1n) is 5.25. The highest BCUT2D eigenvalue weighted by molar-refractivity contribution is 5.87. The molecule has 1 aliphatic heterocycles. The molecule has 1 aliphatic rings. The summed E-state index contributed by atoms with van der Waals surface area (Å²) in [4.78, 5) is 0. The zero-order chi connectivity index (χ0) is 10.6. The summed E-state index contributed by atoms with van der Waals surface area (Å²) in [5.74, 6) is 0.936. The van der Waals surface area contributed by atoms with Gasteiger partial charge in [0, 0.05) is 17.4 Å². The maximum atomic E-state index is 5.93. The molecule has 2 heterocycles. The van der Waals surface area contributed by atoms with Crippen molar-refractivity contribution in [2.75, 3.05) is 0 Å². The number of hydrogen-bond acceptors (Lipinski definition) is 2. The minimum Gasteiger partial charge on any atom is -0.483 e. The minimum atomic E-state index is -0.0999. The van der Waals surface area contributed by atoms with Crippen LogP contribution in [0.15, 0.2) is 22.8 Å². The Morgan fingerprint density at radius 1 is 1.27 bits per heavy atom. The summed E-state index contributed by atoms with van der Waals surface area (Å²) in [6, 6.07) is 4.27. The second kappa shape index (κ2) is 2.57. The fourth-order valence-electron chi connectivity index (χ4n) is 2.26. The minimum absolute atomic E-state index is 0.0999. The molecule has 0 unspecified atom stereocenters. The number of rotatable bonds is 0. The Labute approximate surface area is 88.8 Å².